The third kappa shape index (κ3) is 4.08. The number of aliphatic hydroxyl groups excluding tert-OH is 3. The number of aliphatic hydroxyl groups is 3. The lowest BCUT2D eigenvalue weighted by molar-refractivity contribution is -0.305. The lowest BCUT2D eigenvalue weighted by atomic mass is 9.86. The van der Waals surface area contributed by atoms with Gasteiger partial charge in [0.1, 0.15) is 40.8 Å². The van der Waals surface area contributed by atoms with E-state index in [0.717, 1.165) is 12.1 Å². The first kappa shape index (κ1) is 25.2. The average molecular weight is 505 g/mol. The Kier molecular flexibility index (Phi) is 6.51. The van der Waals surface area contributed by atoms with Crippen molar-refractivity contribution in [1.29, 1.82) is 0 Å². The van der Waals surface area contributed by atoms with E-state index in [2.05, 4.69) is 5.32 Å². The third-order valence-corrected chi connectivity index (χ3v) is 5.88. The van der Waals surface area contributed by atoms with Gasteiger partial charge in [-0.15, -0.1) is 0 Å². The number of ether oxygens (including phenoxy) is 2. The second-order valence-corrected chi connectivity index (χ2v) is 8.22. The van der Waals surface area contributed by atoms with E-state index in [1.165, 1.54) is 31.3 Å². The maximum absolute atomic E-state index is 12.7. The zero-order chi connectivity index (χ0) is 26.4. The van der Waals surface area contributed by atoms with E-state index in [9.17, 15) is 45.3 Å². The molecular formula is C23H23NO12. The number of carboxylic acids is 1. The summed E-state index contributed by atoms with van der Waals surface area (Å²) in [5.41, 5.74) is -3.00. The van der Waals surface area contributed by atoms with E-state index < -0.39 is 70.8 Å². The fourth-order valence-electron chi connectivity index (χ4n) is 3.98. The van der Waals surface area contributed by atoms with E-state index in [4.69, 9.17) is 13.9 Å². The summed E-state index contributed by atoms with van der Waals surface area (Å²) in [6.45, 7) is -0.493. The number of fused-ring (bicyclic) bond motifs is 1. The molecule has 0 radical (unpaired) electrons. The van der Waals surface area contributed by atoms with Crippen LogP contribution in [0, 0.1) is 0 Å². The average Bonchev–Trinajstić information content (AvgIpc) is 2.83. The van der Waals surface area contributed by atoms with Gasteiger partial charge in [-0.2, -0.15) is 0 Å². The predicted molar refractivity (Wildman–Crippen MR) is 121 cm³/mol. The summed E-state index contributed by atoms with van der Waals surface area (Å²) in [5, 5.41) is 73.1. The van der Waals surface area contributed by atoms with Gasteiger partial charge in [0.25, 0.3) is 0 Å². The molecule has 0 bridgehead atoms. The standard InChI is InChI=1S/C23H23NO12/c1-24-8-23(22(32)33)20(31)18(29)19(30)21(36-23)35-14-7-13-15(17(28)16(14)27)11(26)6-12(34-13)9-2-4-10(25)5-3-9/h2-7,18-21,24-25,27-31H,8H2,1H3,(H,32,33). The molecule has 192 valence electrons. The van der Waals surface area contributed by atoms with Crippen molar-refractivity contribution in [2.24, 2.45) is 0 Å². The van der Waals surface area contributed by atoms with Gasteiger partial charge < -0.3 is 55.0 Å². The van der Waals surface area contributed by atoms with Gasteiger partial charge in [0.15, 0.2) is 16.9 Å². The van der Waals surface area contributed by atoms with Crippen LogP contribution in [0.2, 0.25) is 0 Å². The highest BCUT2D eigenvalue weighted by atomic mass is 16.7. The van der Waals surface area contributed by atoms with Crippen LogP contribution in [-0.4, -0.2) is 85.5 Å². The summed E-state index contributed by atoms with van der Waals surface area (Å²) in [6, 6.07) is 7.75. The summed E-state index contributed by atoms with van der Waals surface area (Å²) in [6.07, 6.45) is -8.00. The zero-order valence-electron chi connectivity index (χ0n) is 18.7. The predicted octanol–water partition coefficient (Wildman–Crippen LogP) is -0.563. The molecular weight excluding hydrogens is 482 g/mol. The largest absolute Gasteiger partial charge is 0.508 e. The fraction of sp³-hybridized carbons (Fsp3) is 0.304. The van der Waals surface area contributed by atoms with Crippen molar-refractivity contribution in [1.82, 2.24) is 5.32 Å². The maximum atomic E-state index is 12.7. The van der Waals surface area contributed by atoms with Gasteiger partial charge in [-0.3, -0.25) is 4.79 Å². The highest BCUT2D eigenvalue weighted by molar-refractivity contribution is 5.89. The van der Waals surface area contributed by atoms with Crippen molar-refractivity contribution in [3.05, 3.63) is 46.6 Å². The molecule has 0 saturated carbocycles. The maximum Gasteiger partial charge on any atom is 0.340 e. The second kappa shape index (κ2) is 9.29. The summed E-state index contributed by atoms with van der Waals surface area (Å²) in [5.74, 6) is -4.08. The van der Waals surface area contributed by atoms with Crippen molar-refractivity contribution < 1.29 is 54.4 Å². The normalized spacial score (nSPS) is 26.1. The third-order valence-electron chi connectivity index (χ3n) is 5.88. The smallest absolute Gasteiger partial charge is 0.340 e. The number of carboxylic acid groups (broad SMARTS) is 1. The summed E-state index contributed by atoms with van der Waals surface area (Å²) in [7, 11) is 1.37. The van der Waals surface area contributed by atoms with Crippen LogP contribution in [0.4, 0.5) is 0 Å². The van der Waals surface area contributed by atoms with Gasteiger partial charge in [-0.05, 0) is 31.3 Å². The SMILES string of the molecule is CNCC1(C(=O)O)OC(Oc2cc3oc(-c4ccc(O)cc4)cc(=O)c3c(O)c2O)C(O)C(O)C1O. The number of phenols is 3. The van der Waals surface area contributed by atoms with Gasteiger partial charge in [0.2, 0.25) is 17.6 Å². The minimum atomic E-state index is -2.44. The summed E-state index contributed by atoms with van der Waals surface area (Å²) in [4.78, 5) is 24.6. The topological polar surface area (TPSA) is 219 Å². The lowest BCUT2D eigenvalue weighted by Crippen LogP contribution is -2.71. The van der Waals surface area contributed by atoms with Crippen molar-refractivity contribution in [2.75, 3.05) is 13.6 Å². The minimum absolute atomic E-state index is 0.0193. The lowest BCUT2D eigenvalue weighted by Gasteiger charge is -2.45. The summed E-state index contributed by atoms with van der Waals surface area (Å²) < 4.78 is 16.5. The molecule has 1 aromatic heterocycles. The second-order valence-electron chi connectivity index (χ2n) is 8.22. The Morgan fingerprint density at radius 1 is 1.06 bits per heavy atom. The molecule has 0 amide bonds. The van der Waals surface area contributed by atoms with Crippen LogP contribution in [0.15, 0.2) is 45.6 Å². The first-order valence-corrected chi connectivity index (χ1v) is 10.6. The van der Waals surface area contributed by atoms with Crippen LogP contribution in [0.3, 0.4) is 0 Å². The van der Waals surface area contributed by atoms with E-state index in [1.54, 1.807) is 0 Å². The number of aromatic hydroxyl groups is 3. The highest BCUT2D eigenvalue weighted by Gasteiger charge is 2.59. The van der Waals surface area contributed by atoms with Crippen LogP contribution < -0.4 is 15.5 Å². The molecule has 0 aliphatic carbocycles. The highest BCUT2D eigenvalue weighted by Crippen LogP contribution is 2.43. The van der Waals surface area contributed by atoms with E-state index >= 15 is 0 Å². The summed E-state index contributed by atoms with van der Waals surface area (Å²) >= 11 is 0. The molecule has 1 aliphatic rings. The van der Waals surface area contributed by atoms with Crippen molar-refractivity contribution in [3.8, 4) is 34.3 Å². The first-order valence-electron chi connectivity index (χ1n) is 10.6. The van der Waals surface area contributed by atoms with E-state index in [0.29, 0.717) is 5.56 Å². The number of benzene rings is 2. The number of rotatable bonds is 6. The van der Waals surface area contributed by atoms with Gasteiger partial charge in [-0.25, -0.2) is 4.79 Å². The molecule has 2 heterocycles. The molecule has 13 nitrogen and oxygen atoms in total. The molecule has 8 N–H and O–H groups in total. The van der Waals surface area contributed by atoms with Gasteiger partial charge in [0.05, 0.1) is 0 Å². The monoisotopic (exact) mass is 505 g/mol. The quantitative estimate of drug-likeness (QED) is 0.197. The molecule has 3 aromatic rings. The Bertz CT molecular complexity index is 1350. The molecule has 1 fully saturated rings. The minimum Gasteiger partial charge on any atom is -0.508 e. The van der Waals surface area contributed by atoms with Gasteiger partial charge >= 0.3 is 5.97 Å². The van der Waals surface area contributed by atoms with Crippen LogP contribution in [-0.2, 0) is 9.53 Å². The molecule has 0 spiro atoms. The molecule has 1 aliphatic heterocycles. The van der Waals surface area contributed by atoms with Crippen LogP contribution in [0.25, 0.3) is 22.3 Å². The van der Waals surface area contributed by atoms with E-state index in [1.807, 2.05) is 0 Å². The fourth-order valence-corrected chi connectivity index (χ4v) is 3.98. The Morgan fingerprint density at radius 2 is 1.72 bits per heavy atom. The van der Waals surface area contributed by atoms with E-state index in [-0.39, 0.29) is 17.1 Å². The first-order chi connectivity index (χ1) is 17.0. The Balaban J connectivity index is 1.78. The molecule has 13 heteroatoms. The van der Waals surface area contributed by atoms with Crippen LogP contribution >= 0.6 is 0 Å². The number of carbonyl (C=O) groups is 1. The Morgan fingerprint density at radius 3 is 2.33 bits per heavy atom. The van der Waals surface area contributed by atoms with Crippen LogP contribution in [0.5, 0.6) is 23.0 Å². The Hall–Kier alpha value is -3.88. The number of nitrogens with one attached hydrogen (secondary N) is 1. The number of aliphatic carboxylic acids is 1. The Labute approximate surface area is 202 Å². The molecule has 4 rings (SSSR count). The van der Waals surface area contributed by atoms with Crippen molar-refractivity contribution >= 4 is 16.9 Å². The van der Waals surface area contributed by atoms with Crippen molar-refractivity contribution in [2.45, 2.75) is 30.2 Å². The number of phenolic OH excluding ortho intramolecular Hbond substituents is 3. The number of hydrogen-bond donors (Lipinski definition) is 8. The van der Waals surface area contributed by atoms with Gasteiger partial charge in [0, 0.05) is 24.2 Å². The van der Waals surface area contributed by atoms with Gasteiger partial charge in [-0.1, -0.05) is 0 Å². The number of likely N-dealkylation sites (N-methyl/N-ethyl adjacent to an activating group) is 1. The zero-order valence-corrected chi connectivity index (χ0v) is 18.7. The molecule has 1 saturated heterocycles. The molecule has 36 heavy (non-hydrogen) atoms. The number of hydrogen-bond acceptors (Lipinski definition) is 12. The molecule has 5 atom stereocenters. The van der Waals surface area contributed by atoms with Crippen molar-refractivity contribution in [3.63, 3.8) is 0 Å². The molecule has 2 aromatic carbocycles. The molecule has 5 unspecified atom stereocenters. The van der Waals surface area contributed by atoms with Crippen LogP contribution in [0.1, 0.15) is 0 Å².